The summed E-state index contributed by atoms with van der Waals surface area (Å²) in [7, 11) is -3.95. The van der Waals surface area contributed by atoms with E-state index in [1.807, 2.05) is 0 Å². The Morgan fingerprint density at radius 2 is 1.61 bits per heavy atom. The van der Waals surface area contributed by atoms with E-state index in [2.05, 4.69) is 10.3 Å². The van der Waals surface area contributed by atoms with Gasteiger partial charge >= 0.3 is 19.8 Å². The molecule has 196 valence electrons. The molecule has 0 unspecified atom stereocenters. The van der Waals surface area contributed by atoms with Crippen molar-refractivity contribution in [1.82, 2.24) is 5.32 Å². The molecule has 13 heteroatoms. The van der Waals surface area contributed by atoms with Gasteiger partial charge in [0.2, 0.25) is 4.87 Å². The molecule has 1 atom stereocenters. The minimum absolute atomic E-state index is 0.0266. The Labute approximate surface area is 216 Å². The van der Waals surface area contributed by atoms with Crippen molar-refractivity contribution < 1.29 is 31.6 Å². The molecule has 0 aromatic heterocycles. The third-order valence-corrected chi connectivity index (χ3v) is 9.44. The summed E-state index contributed by atoms with van der Waals surface area (Å²) in [5, 5.41) is 0.396. The van der Waals surface area contributed by atoms with Crippen LogP contribution in [0.2, 0.25) is 5.02 Å². The first-order valence-corrected chi connectivity index (χ1v) is 13.7. The Morgan fingerprint density at radius 3 is 2.11 bits per heavy atom. The molecule has 0 aliphatic carbocycles. The number of thioether (sulfide) groups is 1. The minimum Gasteiger partial charge on any atom is -0.311 e. The molecule has 36 heavy (non-hydrogen) atoms. The van der Waals surface area contributed by atoms with Crippen molar-refractivity contribution >= 4 is 47.8 Å². The minimum atomic E-state index is -4.95. The molecule has 2 aromatic rings. The quantitative estimate of drug-likeness (QED) is 0.339. The summed E-state index contributed by atoms with van der Waals surface area (Å²) in [4.78, 5) is 15.9. The number of aliphatic imine (C=N–C) groups is 1. The van der Waals surface area contributed by atoms with Crippen LogP contribution in [0.15, 0.2) is 59.6 Å². The Hall–Kier alpha value is -2.04. The molecule has 3 rings (SSSR count). The fourth-order valence-electron chi connectivity index (χ4n) is 3.48. The van der Waals surface area contributed by atoms with Gasteiger partial charge < -0.3 is 14.4 Å². The van der Waals surface area contributed by atoms with Crippen LogP contribution in [0, 0.1) is 0 Å². The van der Waals surface area contributed by atoms with Crippen molar-refractivity contribution in [1.29, 1.82) is 0 Å². The van der Waals surface area contributed by atoms with Gasteiger partial charge in [0, 0.05) is 5.02 Å². The molecule has 0 spiro atoms. The average Bonchev–Trinajstić information content (AvgIpc) is 2.79. The Kier molecular flexibility index (Phi) is 8.52. The molecule has 2 aromatic carbocycles. The highest BCUT2D eigenvalue weighted by Gasteiger charge is 2.62. The van der Waals surface area contributed by atoms with Gasteiger partial charge in [-0.3, -0.25) is 4.57 Å². The van der Waals surface area contributed by atoms with Crippen LogP contribution < -0.4 is 10.2 Å². The molecule has 0 bridgehead atoms. The molecule has 1 heterocycles. The molecule has 7 nitrogen and oxygen atoms in total. The maximum atomic E-state index is 14.7. The zero-order chi connectivity index (χ0) is 26.8. The zero-order valence-corrected chi connectivity index (χ0v) is 22.5. The van der Waals surface area contributed by atoms with Crippen LogP contribution in [0.5, 0.6) is 0 Å². The van der Waals surface area contributed by atoms with Gasteiger partial charge in [0.05, 0.1) is 18.9 Å². The van der Waals surface area contributed by atoms with Gasteiger partial charge in [0.15, 0.2) is 10.4 Å². The predicted octanol–water partition coefficient (Wildman–Crippen LogP) is 7.38. The van der Waals surface area contributed by atoms with E-state index in [0.717, 1.165) is 4.90 Å². The van der Waals surface area contributed by atoms with Gasteiger partial charge in [-0.15, -0.1) is 0 Å². The summed E-state index contributed by atoms with van der Waals surface area (Å²) < 4.78 is 68.6. The van der Waals surface area contributed by atoms with Gasteiger partial charge in [-0.1, -0.05) is 41.9 Å². The van der Waals surface area contributed by atoms with Crippen LogP contribution in [0.25, 0.3) is 0 Å². The largest absolute Gasteiger partial charge is 0.425 e. The van der Waals surface area contributed by atoms with Crippen LogP contribution in [0.3, 0.4) is 0 Å². The van der Waals surface area contributed by atoms with Crippen molar-refractivity contribution in [3.8, 4) is 0 Å². The van der Waals surface area contributed by atoms with Gasteiger partial charge in [-0.2, -0.15) is 13.2 Å². The van der Waals surface area contributed by atoms with Crippen molar-refractivity contribution in [3.05, 3.63) is 65.2 Å². The zero-order valence-electron chi connectivity index (χ0n) is 20.0. The lowest BCUT2D eigenvalue weighted by Crippen LogP contribution is -2.63. The van der Waals surface area contributed by atoms with Crippen molar-refractivity contribution in [2.45, 2.75) is 44.0 Å². The Morgan fingerprint density at radius 1 is 1.06 bits per heavy atom. The number of rotatable bonds is 8. The number of urea groups is 1. The van der Waals surface area contributed by atoms with E-state index in [0.29, 0.717) is 0 Å². The SMILES string of the molecule is CCOP(=O)(OCC)C(C)(C)N=C1S[C@@](c2ccc(Cl)cc2)(C(F)(F)F)NC(=O)N1c1ccccc1. The first kappa shape index (κ1) is 28.5. The number of hydrogen-bond acceptors (Lipinski definition) is 6. The molecular formula is C23H26ClF3N3O4PS. The number of alkyl halides is 3. The second-order valence-electron chi connectivity index (χ2n) is 8.11. The fraction of sp³-hybridized carbons (Fsp3) is 0.391. The fourth-order valence-corrected chi connectivity index (χ4v) is 6.61. The number of carbonyl (C=O) groups excluding carboxylic acids is 1. The molecule has 1 fully saturated rings. The van der Waals surface area contributed by atoms with Crippen molar-refractivity contribution in [2.24, 2.45) is 4.99 Å². The van der Waals surface area contributed by atoms with E-state index in [-0.39, 0.29) is 46.4 Å². The van der Waals surface area contributed by atoms with E-state index >= 15 is 0 Å². The van der Waals surface area contributed by atoms with Gasteiger partial charge in [-0.05, 0) is 69.3 Å². The highest BCUT2D eigenvalue weighted by molar-refractivity contribution is 8.15. The number of anilines is 1. The summed E-state index contributed by atoms with van der Waals surface area (Å²) in [5.74, 6) is 0. The first-order chi connectivity index (χ1) is 16.8. The maximum absolute atomic E-state index is 14.7. The van der Waals surface area contributed by atoms with Gasteiger partial charge in [0.1, 0.15) is 0 Å². The lowest BCUT2D eigenvalue weighted by atomic mass is 10.1. The maximum Gasteiger partial charge on any atom is 0.425 e. The highest BCUT2D eigenvalue weighted by atomic mass is 35.5. The summed E-state index contributed by atoms with van der Waals surface area (Å²) >= 11 is 6.18. The van der Waals surface area contributed by atoms with E-state index in [1.54, 1.807) is 44.2 Å². The molecule has 1 N–H and O–H groups in total. The van der Waals surface area contributed by atoms with Crippen LogP contribution in [-0.4, -0.2) is 35.9 Å². The number of para-hydroxylation sites is 1. The molecule has 0 radical (unpaired) electrons. The number of amides is 2. The second kappa shape index (κ2) is 10.8. The topological polar surface area (TPSA) is 80.2 Å². The van der Waals surface area contributed by atoms with E-state index < -0.39 is 30.0 Å². The van der Waals surface area contributed by atoms with Crippen molar-refractivity contribution in [3.63, 3.8) is 0 Å². The third kappa shape index (κ3) is 5.45. The molecule has 0 saturated carbocycles. The predicted molar refractivity (Wildman–Crippen MR) is 137 cm³/mol. The standard InChI is InChI=1S/C23H26ClF3N3O4PS/c1-5-33-35(32,34-6-2)21(3,4)29-20-30(18-10-8-7-9-11-18)19(31)28-22(36-20,23(25,26)27)16-12-14-17(24)15-13-16/h7-15H,5-6H2,1-4H3,(H,28,31)/t22-/m0/s1. The number of nitrogens with one attached hydrogen (secondary N) is 1. The molecular weight excluding hydrogens is 538 g/mol. The van der Waals surface area contributed by atoms with E-state index in [4.69, 9.17) is 20.6 Å². The summed E-state index contributed by atoms with van der Waals surface area (Å²) in [6, 6.07) is 12.0. The van der Waals surface area contributed by atoms with Crippen LogP contribution in [0.1, 0.15) is 33.3 Å². The van der Waals surface area contributed by atoms with E-state index in [9.17, 15) is 22.5 Å². The lowest BCUT2D eigenvalue weighted by Gasteiger charge is -2.44. The molecule has 1 saturated heterocycles. The smallest absolute Gasteiger partial charge is 0.311 e. The monoisotopic (exact) mass is 563 g/mol. The Balaban J connectivity index is 2.25. The van der Waals surface area contributed by atoms with Crippen LogP contribution in [0.4, 0.5) is 23.7 Å². The molecule has 1 aliphatic rings. The number of carbonyl (C=O) groups is 1. The summed E-state index contributed by atoms with van der Waals surface area (Å²) in [5.41, 5.74) is 0.0142. The number of amidine groups is 1. The third-order valence-electron chi connectivity index (χ3n) is 5.22. The number of hydrogen-bond donors (Lipinski definition) is 1. The number of benzene rings is 2. The second-order valence-corrected chi connectivity index (χ2v) is 12.3. The number of halogens is 4. The molecule has 2 amide bonds. The summed E-state index contributed by atoms with van der Waals surface area (Å²) in [6.45, 7) is 6.14. The molecule has 1 aliphatic heterocycles. The average molecular weight is 564 g/mol. The van der Waals surface area contributed by atoms with Crippen LogP contribution in [-0.2, 0) is 18.5 Å². The van der Waals surface area contributed by atoms with Gasteiger partial charge in [0.25, 0.3) is 0 Å². The highest BCUT2D eigenvalue weighted by Crippen LogP contribution is 2.61. The summed E-state index contributed by atoms with van der Waals surface area (Å²) in [6.07, 6.45) is -4.95. The van der Waals surface area contributed by atoms with E-state index in [1.165, 1.54) is 38.1 Å². The first-order valence-electron chi connectivity index (χ1n) is 11.0. The normalized spacial score (nSPS) is 20.5. The van der Waals surface area contributed by atoms with Gasteiger partial charge in [-0.25, -0.2) is 14.7 Å². The lowest BCUT2D eigenvalue weighted by molar-refractivity contribution is -0.167. The number of nitrogens with zero attached hydrogens (tertiary/aromatic N) is 2. The van der Waals surface area contributed by atoms with Crippen LogP contribution >= 0.6 is 31.0 Å². The Bertz CT molecular complexity index is 1160. The van der Waals surface area contributed by atoms with Crippen molar-refractivity contribution in [2.75, 3.05) is 18.1 Å².